The summed E-state index contributed by atoms with van der Waals surface area (Å²) in [5.74, 6) is -0.937. The smallest absolute Gasteiger partial charge is 0.326 e. The molecule has 1 N–H and O–H groups in total. The lowest BCUT2D eigenvalue weighted by Gasteiger charge is -2.20. The molecule has 2 aromatic rings. The monoisotopic (exact) mass is 394 g/mol. The van der Waals surface area contributed by atoms with Crippen LogP contribution in [0.5, 0.6) is 5.75 Å². The standard InChI is InChI=1S/C21H18N2O6/c24-17(13-5-6-15-14(9-13)10-19(25)22-15)12-29-21(27)11-23-16-3-1-2-4-18(16)28-8-7-20(23)26/h1-6,9H,7-8,10-12H2,(H,22,25). The highest BCUT2D eigenvalue weighted by Crippen LogP contribution is 2.30. The fourth-order valence-corrected chi connectivity index (χ4v) is 3.30. The highest BCUT2D eigenvalue weighted by atomic mass is 16.5. The van der Waals surface area contributed by atoms with Crippen molar-refractivity contribution in [2.24, 2.45) is 0 Å². The first-order chi connectivity index (χ1) is 14.0. The summed E-state index contributed by atoms with van der Waals surface area (Å²) in [6, 6.07) is 11.8. The van der Waals surface area contributed by atoms with Gasteiger partial charge in [0.2, 0.25) is 11.8 Å². The normalized spacial score (nSPS) is 15.0. The summed E-state index contributed by atoms with van der Waals surface area (Å²) in [5, 5.41) is 2.69. The predicted molar refractivity (Wildman–Crippen MR) is 103 cm³/mol. The second-order valence-electron chi connectivity index (χ2n) is 6.73. The van der Waals surface area contributed by atoms with Crippen molar-refractivity contribution in [2.75, 3.05) is 30.0 Å². The molecule has 2 heterocycles. The topological polar surface area (TPSA) is 102 Å². The first-order valence-corrected chi connectivity index (χ1v) is 9.15. The van der Waals surface area contributed by atoms with Crippen LogP contribution in [-0.2, 0) is 25.5 Å². The number of ether oxygens (including phenoxy) is 2. The van der Waals surface area contributed by atoms with Gasteiger partial charge in [-0.2, -0.15) is 0 Å². The molecular formula is C21H18N2O6. The summed E-state index contributed by atoms with van der Waals surface area (Å²) in [7, 11) is 0. The predicted octanol–water partition coefficient (Wildman–Crippen LogP) is 1.72. The van der Waals surface area contributed by atoms with Crippen LogP contribution in [0.15, 0.2) is 42.5 Å². The molecule has 0 saturated heterocycles. The van der Waals surface area contributed by atoms with E-state index in [1.807, 2.05) is 0 Å². The first-order valence-electron chi connectivity index (χ1n) is 9.15. The van der Waals surface area contributed by atoms with Gasteiger partial charge in [-0.3, -0.25) is 24.1 Å². The van der Waals surface area contributed by atoms with Gasteiger partial charge in [0.25, 0.3) is 0 Å². The van der Waals surface area contributed by atoms with Gasteiger partial charge in [0, 0.05) is 11.3 Å². The summed E-state index contributed by atoms with van der Waals surface area (Å²) in [6.07, 6.45) is 0.359. The molecule has 0 aromatic heterocycles. The number of fused-ring (bicyclic) bond motifs is 2. The van der Waals surface area contributed by atoms with Crippen molar-refractivity contribution in [2.45, 2.75) is 12.8 Å². The van der Waals surface area contributed by atoms with Crippen molar-refractivity contribution >= 4 is 34.9 Å². The SMILES string of the molecule is O=C1Cc2cc(C(=O)COC(=O)CN3C(=O)CCOc4ccccc43)ccc2N1. The Hall–Kier alpha value is -3.68. The Morgan fingerprint density at radius 1 is 1.14 bits per heavy atom. The van der Waals surface area contributed by atoms with E-state index in [1.165, 1.54) is 4.90 Å². The average molecular weight is 394 g/mol. The molecule has 0 aliphatic carbocycles. The number of esters is 1. The van der Waals surface area contributed by atoms with Gasteiger partial charge in [0.1, 0.15) is 12.3 Å². The Balaban J connectivity index is 1.39. The summed E-state index contributed by atoms with van der Waals surface area (Å²) in [5.41, 5.74) is 2.27. The van der Waals surface area contributed by atoms with Crippen molar-refractivity contribution in [3.05, 3.63) is 53.6 Å². The van der Waals surface area contributed by atoms with E-state index in [4.69, 9.17) is 9.47 Å². The number of hydrogen-bond acceptors (Lipinski definition) is 6. The van der Waals surface area contributed by atoms with Crippen molar-refractivity contribution in [1.29, 1.82) is 0 Å². The van der Waals surface area contributed by atoms with Gasteiger partial charge in [-0.15, -0.1) is 0 Å². The van der Waals surface area contributed by atoms with E-state index in [1.54, 1.807) is 42.5 Å². The number of ketones is 1. The molecule has 0 bridgehead atoms. The number of anilines is 2. The molecule has 0 spiro atoms. The molecule has 0 saturated carbocycles. The van der Waals surface area contributed by atoms with E-state index < -0.39 is 12.6 Å². The fourth-order valence-electron chi connectivity index (χ4n) is 3.30. The van der Waals surface area contributed by atoms with Crippen molar-refractivity contribution in [3.63, 3.8) is 0 Å². The molecule has 2 aromatic carbocycles. The lowest BCUT2D eigenvalue weighted by molar-refractivity contribution is -0.141. The van der Waals surface area contributed by atoms with Crippen LogP contribution in [-0.4, -0.2) is 43.3 Å². The number of nitrogens with one attached hydrogen (secondary N) is 1. The van der Waals surface area contributed by atoms with Crippen molar-refractivity contribution < 1.29 is 28.7 Å². The average Bonchev–Trinajstić information content (AvgIpc) is 3.02. The van der Waals surface area contributed by atoms with Crippen LogP contribution in [0, 0.1) is 0 Å². The quantitative estimate of drug-likeness (QED) is 0.612. The van der Waals surface area contributed by atoms with Gasteiger partial charge in [-0.05, 0) is 35.9 Å². The minimum atomic E-state index is -0.693. The zero-order valence-corrected chi connectivity index (χ0v) is 15.5. The Morgan fingerprint density at radius 2 is 1.97 bits per heavy atom. The van der Waals surface area contributed by atoms with Crippen LogP contribution < -0.4 is 15.0 Å². The van der Waals surface area contributed by atoms with Crippen LogP contribution in [0.1, 0.15) is 22.3 Å². The van der Waals surface area contributed by atoms with Crippen molar-refractivity contribution in [1.82, 2.24) is 0 Å². The fraction of sp³-hybridized carbons (Fsp3) is 0.238. The summed E-state index contributed by atoms with van der Waals surface area (Å²) < 4.78 is 10.6. The van der Waals surface area contributed by atoms with E-state index in [9.17, 15) is 19.2 Å². The highest BCUT2D eigenvalue weighted by molar-refractivity contribution is 6.03. The van der Waals surface area contributed by atoms with Crippen LogP contribution in [0.4, 0.5) is 11.4 Å². The first kappa shape index (κ1) is 18.7. The molecule has 29 heavy (non-hydrogen) atoms. The molecule has 0 unspecified atom stereocenters. The van der Waals surface area contributed by atoms with E-state index in [0.717, 1.165) is 5.56 Å². The van der Waals surface area contributed by atoms with Gasteiger partial charge in [-0.1, -0.05) is 12.1 Å². The lowest BCUT2D eigenvalue weighted by atomic mass is 10.1. The van der Waals surface area contributed by atoms with E-state index in [2.05, 4.69) is 5.32 Å². The summed E-state index contributed by atoms with van der Waals surface area (Å²) >= 11 is 0. The highest BCUT2D eigenvalue weighted by Gasteiger charge is 2.26. The van der Waals surface area contributed by atoms with E-state index in [-0.39, 0.29) is 43.6 Å². The molecule has 0 fully saturated rings. The summed E-state index contributed by atoms with van der Waals surface area (Å²) in [6.45, 7) is -0.524. The van der Waals surface area contributed by atoms with E-state index >= 15 is 0 Å². The molecule has 8 heteroatoms. The number of benzene rings is 2. The van der Waals surface area contributed by atoms with Gasteiger partial charge >= 0.3 is 5.97 Å². The van der Waals surface area contributed by atoms with Crippen LogP contribution in [0.3, 0.4) is 0 Å². The second-order valence-corrected chi connectivity index (χ2v) is 6.73. The summed E-state index contributed by atoms with van der Waals surface area (Å²) in [4.78, 5) is 49.7. The molecule has 148 valence electrons. The number of para-hydroxylation sites is 2. The third-order valence-electron chi connectivity index (χ3n) is 4.73. The van der Waals surface area contributed by atoms with E-state index in [0.29, 0.717) is 22.7 Å². The van der Waals surface area contributed by atoms with Crippen LogP contribution >= 0.6 is 0 Å². The number of nitrogens with zero attached hydrogens (tertiary/aromatic N) is 1. The maximum absolute atomic E-state index is 12.4. The zero-order chi connectivity index (χ0) is 20.4. The number of carbonyl (C=O) groups is 4. The zero-order valence-electron chi connectivity index (χ0n) is 15.5. The van der Waals surface area contributed by atoms with Gasteiger partial charge in [0.05, 0.1) is 25.1 Å². The second kappa shape index (κ2) is 7.75. The minimum Gasteiger partial charge on any atom is -0.491 e. The number of carbonyl (C=O) groups excluding carboxylic acids is 4. The van der Waals surface area contributed by atoms with Gasteiger partial charge in [0.15, 0.2) is 12.4 Å². The van der Waals surface area contributed by atoms with Gasteiger partial charge < -0.3 is 14.8 Å². The Kier molecular flexibility index (Phi) is 4.99. The lowest BCUT2D eigenvalue weighted by Crippen LogP contribution is -2.36. The maximum atomic E-state index is 12.4. The molecule has 8 nitrogen and oxygen atoms in total. The Morgan fingerprint density at radius 3 is 2.83 bits per heavy atom. The molecule has 0 atom stereocenters. The number of hydrogen-bond donors (Lipinski definition) is 1. The van der Waals surface area contributed by atoms with Crippen molar-refractivity contribution in [3.8, 4) is 5.75 Å². The largest absolute Gasteiger partial charge is 0.491 e. The molecule has 2 aliphatic heterocycles. The van der Waals surface area contributed by atoms with Crippen LogP contribution in [0.25, 0.3) is 0 Å². The third kappa shape index (κ3) is 3.96. The number of rotatable bonds is 5. The molecule has 0 radical (unpaired) electrons. The number of Topliss-reactive ketones (excluding diaryl/α,β-unsaturated/α-hetero) is 1. The Bertz CT molecular complexity index is 1020. The van der Waals surface area contributed by atoms with Gasteiger partial charge in [-0.25, -0.2) is 0 Å². The third-order valence-corrected chi connectivity index (χ3v) is 4.73. The molecule has 2 amide bonds. The molecular weight excluding hydrogens is 376 g/mol. The minimum absolute atomic E-state index is 0.123. The molecule has 2 aliphatic rings. The maximum Gasteiger partial charge on any atom is 0.326 e. The Labute approximate surface area is 166 Å². The number of amides is 2. The van der Waals surface area contributed by atoms with Crippen LogP contribution in [0.2, 0.25) is 0 Å². The molecule has 4 rings (SSSR count).